The molecule has 1 aromatic rings. The smallest absolute Gasteiger partial charge is 0.269 e. The first-order chi connectivity index (χ1) is 8.67. The standard InChI is InChI=1S/C13H21N3O2/c1-3-18-9-13(5-4-6-13)8-15-12(17)11-7-14-10-16(11)2/h7,10H,3-6,8-9H2,1-2H3,(H,15,17). The summed E-state index contributed by atoms with van der Waals surface area (Å²) < 4.78 is 7.25. The van der Waals surface area contributed by atoms with Crippen molar-refractivity contribution in [2.24, 2.45) is 12.5 Å². The maximum absolute atomic E-state index is 12.0. The molecule has 1 N–H and O–H groups in total. The van der Waals surface area contributed by atoms with Crippen LogP contribution in [0.1, 0.15) is 36.7 Å². The van der Waals surface area contributed by atoms with Gasteiger partial charge in [-0.25, -0.2) is 4.98 Å². The van der Waals surface area contributed by atoms with E-state index in [0.717, 1.165) is 26.1 Å². The number of nitrogens with one attached hydrogen (secondary N) is 1. The SMILES string of the molecule is CCOCC1(CNC(=O)c2cncn2C)CCC1. The molecule has 18 heavy (non-hydrogen) atoms. The monoisotopic (exact) mass is 251 g/mol. The van der Waals surface area contributed by atoms with Crippen molar-refractivity contribution in [3.63, 3.8) is 0 Å². The van der Waals surface area contributed by atoms with Gasteiger partial charge in [0, 0.05) is 25.6 Å². The second-order valence-corrected chi connectivity index (χ2v) is 5.06. The molecule has 0 aromatic carbocycles. The molecule has 1 amide bonds. The molecular formula is C13H21N3O2. The minimum absolute atomic E-state index is 0.0576. The summed E-state index contributed by atoms with van der Waals surface area (Å²) in [5, 5.41) is 3.00. The number of rotatable bonds is 6. The lowest BCUT2D eigenvalue weighted by molar-refractivity contribution is -0.000234. The number of amides is 1. The number of hydrogen-bond acceptors (Lipinski definition) is 3. The van der Waals surface area contributed by atoms with Crippen LogP contribution in [0, 0.1) is 5.41 Å². The van der Waals surface area contributed by atoms with Crippen LogP contribution in [-0.4, -0.2) is 35.2 Å². The van der Waals surface area contributed by atoms with Crippen LogP contribution in [0.25, 0.3) is 0 Å². The molecule has 0 spiro atoms. The second kappa shape index (κ2) is 5.52. The molecule has 0 unspecified atom stereocenters. The molecule has 100 valence electrons. The van der Waals surface area contributed by atoms with E-state index in [-0.39, 0.29) is 11.3 Å². The maximum atomic E-state index is 12.0. The van der Waals surface area contributed by atoms with Crippen LogP contribution in [-0.2, 0) is 11.8 Å². The summed E-state index contributed by atoms with van der Waals surface area (Å²) in [5.74, 6) is -0.0576. The molecule has 5 heteroatoms. The highest BCUT2D eigenvalue weighted by molar-refractivity contribution is 5.92. The fourth-order valence-corrected chi connectivity index (χ4v) is 2.30. The Morgan fingerprint density at radius 1 is 1.61 bits per heavy atom. The van der Waals surface area contributed by atoms with Gasteiger partial charge in [-0.1, -0.05) is 6.42 Å². The van der Waals surface area contributed by atoms with Crippen molar-refractivity contribution in [3.8, 4) is 0 Å². The number of ether oxygens (including phenoxy) is 1. The summed E-state index contributed by atoms with van der Waals surface area (Å²) in [4.78, 5) is 15.9. The fraction of sp³-hybridized carbons (Fsp3) is 0.692. The highest BCUT2D eigenvalue weighted by Crippen LogP contribution is 2.40. The van der Waals surface area contributed by atoms with Crippen LogP contribution in [0.3, 0.4) is 0 Å². The number of nitrogens with zero attached hydrogens (tertiary/aromatic N) is 2. The van der Waals surface area contributed by atoms with E-state index in [2.05, 4.69) is 10.3 Å². The Hall–Kier alpha value is -1.36. The van der Waals surface area contributed by atoms with E-state index in [0.29, 0.717) is 12.2 Å². The number of carbonyl (C=O) groups excluding carboxylic acids is 1. The molecule has 1 saturated carbocycles. The van der Waals surface area contributed by atoms with Gasteiger partial charge in [0.1, 0.15) is 5.69 Å². The molecule has 1 aliphatic rings. The van der Waals surface area contributed by atoms with E-state index in [1.165, 1.54) is 6.42 Å². The average molecular weight is 251 g/mol. The van der Waals surface area contributed by atoms with E-state index in [1.54, 1.807) is 17.1 Å². The number of imidazole rings is 1. The number of hydrogen-bond donors (Lipinski definition) is 1. The predicted molar refractivity (Wildman–Crippen MR) is 68.3 cm³/mol. The first kappa shape index (κ1) is 13.1. The van der Waals surface area contributed by atoms with Crippen molar-refractivity contribution in [3.05, 3.63) is 18.2 Å². The molecule has 0 saturated heterocycles. The Bertz CT molecular complexity index is 410. The molecule has 5 nitrogen and oxygen atoms in total. The molecule has 1 heterocycles. The van der Waals surface area contributed by atoms with Gasteiger partial charge in [-0.15, -0.1) is 0 Å². The number of aryl methyl sites for hydroxylation is 1. The summed E-state index contributed by atoms with van der Waals surface area (Å²) in [6, 6.07) is 0. The topological polar surface area (TPSA) is 56.1 Å². The zero-order chi connectivity index (χ0) is 13.0. The molecule has 1 aliphatic carbocycles. The number of aromatic nitrogens is 2. The molecular weight excluding hydrogens is 230 g/mol. The van der Waals surface area contributed by atoms with Crippen molar-refractivity contribution in [1.29, 1.82) is 0 Å². The van der Waals surface area contributed by atoms with Crippen LogP contribution in [0.2, 0.25) is 0 Å². The lowest BCUT2D eigenvalue weighted by atomic mass is 9.69. The van der Waals surface area contributed by atoms with Gasteiger partial charge < -0.3 is 14.6 Å². The van der Waals surface area contributed by atoms with E-state index in [9.17, 15) is 4.79 Å². The predicted octanol–water partition coefficient (Wildman–Crippen LogP) is 1.36. The Balaban J connectivity index is 1.87. The van der Waals surface area contributed by atoms with E-state index in [4.69, 9.17) is 4.74 Å². The minimum Gasteiger partial charge on any atom is -0.381 e. The van der Waals surface area contributed by atoms with Gasteiger partial charge >= 0.3 is 0 Å². The summed E-state index contributed by atoms with van der Waals surface area (Å²) in [6.45, 7) is 4.17. The quantitative estimate of drug-likeness (QED) is 0.830. The Labute approximate surface area is 108 Å². The van der Waals surface area contributed by atoms with Gasteiger partial charge in [-0.2, -0.15) is 0 Å². The Morgan fingerprint density at radius 2 is 2.39 bits per heavy atom. The van der Waals surface area contributed by atoms with Crippen molar-refractivity contribution in [2.75, 3.05) is 19.8 Å². The van der Waals surface area contributed by atoms with Gasteiger partial charge in [0.2, 0.25) is 0 Å². The third-order valence-corrected chi connectivity index (χ3v) is 3.70. The molecule has 0 aliphatic heterocycles. The van der Waals surface area contributed by atoms with Crippen LogP contribution in [0.5, 0.6) is 0 Å². The van der Waals surface area contributed by atoms with Crippen molar-refractivity contribution in [2.45, 2.75) is 26.2 Å². The molecule has 2 rings (SSSR count). The second-order valence-electron chi connectivity index (χ2n) is 5.06. The maximum Gasteiger partial charge on any atom is 0.269 e. The van der Waals surface area contributed by atoms with Gasteiger partial charge in [0.15, 0.2) is 0 Å². The third kappa shape index (κ3) is 2.72. The molecule has 1 fully saturated rings. The molecule has 0 atom stereocenters. The fourth-order valence-electron chi connectivity index (χ4n) is 2.30. The van der Waals surface area contributed by atoms with Crippen LogP contribution in [0.4, 0.5) is 0 Å². The lowest BCUT2D eigenvalue weighted by Gasteiger charge is -2.41. The largest absolute Gasteiger partial charge is 0.381 e. The van der Waals surface area contributed by atoms with E-state index in [1.807, 2.05) is 14.0 Å². The average Bonchev–Trinajstić information content (AvgIpc) is 2.73. The highest BCUT2D eigenvalue weighted by Gasteiger charge is 2.37. The summed E-state index contributed by atoms with van der Waals surface area (Å²) in [5.41, 5.74) is 0.755. The number of carbonyl (C=O) groups is 1. The van der Waals surface area contributed by atoms with E-state index < -0.39 is 0 Å². The Morgan fingerprint density at radius 3 is 2.89 bits per heavy atom. The molecule has 0 bridgehead atoms. The van der Waals surface area contributed by atoms with Gasteiger partial charge in [-0.3, -0.25) is 4.79 Å². The zero-order valence-electron chi connectivity index (χ0n) is 11.1. The zero-order valence-corrected chi connectivity index (χ0v) is 11.1. The van der Waals surface area contributed by atoms with Crippen LogP contribution >= 0.6 is 0 Å². The van der Waals surface area contributed by atoms with Crippen LogP contribution < -0.4 is 5.32 Å². The third-order valence-electron chi connectivity index (χ3n) is 3.70. The van der Waals surface area contributed by atoms with Crippen molar-refractivity contribution >= 4 is 5.91 Å². The Kier molecular flexibility index (Phi) is 4.01. The molecule has 0 radical (unpaired) electrons. The first-order valence-corrected chi connectivity index (χ1v) is 6.49. The van der Waals surface area contributed by atoms with Gasteiger partial charge in [-0.05, 0) is 19.8 Å². The summed E-state index contributed by atoms with van der Waals surface area (Å²) in [6.07, 6.45) is 6.73. The minimum atomic E-state index is -0.0576. The summed E-state index contributed by atoms with van der Waals surface area (Å²) >= 11 is 0. The van der Waals surface area contributed by atoms with Gasteiger partial charge in [0.25, 0.3) is 5.91 Å². The van der Waals surface area contributed by atoms with Gasteiger partial charge in [0.05, 0.1) is 19.1 Å². The molecule has 1 aromatic heterocycles. The first-order valence-electron chi connectivity index (χ1n) is 6.49. The van der Waals surface area contributed by atoms with Crippen LogP contribution in [0.15, 0.2) is 12.5 Å². The highest BCUT2D eigenvalue weighted by atomic mass is 16.5. The lowest BCUT2D eigenvalue weighted by Crippen LogP contribution is -2.45. The summed E-state index contributed by atoms with van der Waals surface area (Å²) in [7, 11) is 1.82. The van der Waals surface area contributed by atoms with Crippen molar-refractivity contribution < 1.29 is 9.53 Å². The van der Waals surface area contributed by atoms with E-state index >= 15 is 0 Å². The van der Waals surface area contributed by atoms with Crippen molar-refractivity contribution in [1.82, 2.24) is 14.9 Å². The normalized spacial score (nSPS) is 17.2.